The third-order valence-corrected chi connectivity index (χ3v) is 5.47. The lowest BCUT2D eigenvalue weighted by molar-refractivity contribution is -0.135. The quantitative estimate of drug-likeness (QED) is 0.656. The van der Waals surface area contributed by atoms with Crippen LogP contribution in [0.3, 0.4) is 0 Å². The summed E-state index contributed by atoms with van der Waals surface area (Å²) in [5.41, 5.74) is 2.22. The highest BCUT2D eigenvalue weighted by atomic mass is 35.5. The Kier molecular flexibility index (Phi) is 5.01. The van der Waals surface area contributed by atoms with Gasteiger partial charge >= 0.3 is 5.97 Å². The molecule has 27 heavy (non-hydrogen) atoms. The van der Waals surface area contributed by atoms with Gasteiger partial charge in [0.15, 0.2) is 11.5 Å². The number of fused-ring (bicyclic) bond motifs is 2. The molecule has 0 bridgehead atoms. The van der Waals surface area contributed by atoms with Crippen molar-refractivity contribution < 1.29 is 19.4 Å². The van der Waals surface area contributed by atoms with Crippen molar-refractivity contribution in [2.24, 2.45) is 0 Å². The van der Waals surface area contributed by atoms with Crippen LogP contribution < -0.4 is 9.47 Å². The normalized spacial score (nSPS) is 14.2. The standard InChI is InChI=1S/C20H16ClNO4S/c21-14-9-12(10-16-19(14)26-7-3-6-25-16)8-13(11-18(23)24)20-22-15-4-1-2-5-17(15)27-20/h1-2,4-5,8-10H,3,6-7,11H2,(H,23,24)/b13-8+. The lowest BCUT2D eigenvalue weighted by atomic mass is 10.1. The van der Waals surface area contributed by atoms with Gasteiger partial charge < -0.3 is 14.6 Å². The highest BCUT2D eigenvalue weighted by Crippen LogP contribution is 2.39. The van der Waals surface area contributed by atoms with Gasteiger partial charge in [0.25, 0.3) is 0 Å². The Balaban J connectivity index is 1.78. The van der Waals surface area contributed by atoms with Gasteiger partial charge in [0, 0.05) is 6.42 Å². The van der Waals surface area contributed by atoms with Gasteiger partial charge in [-0.05, 0) is 41.5 Å². The van der Waals surface area contributed by atoms with E-state index in [0.717, 1.165) is 22.2 Å². The first kappa shape index (κ1) is 17.8. The Hall–Kier alpha value is -2.57. The van der Waals surface area contributed by atoms with Crippen LogP contribution in [0.5, 0.6) is 11.5 Å². The Morgan fingerprint density at radius 2 is 2.07 bits per heavy atom. The van der Waals surface area contributed by atoms with E-state index in [0.29, 0.717) is 40.3 Å². The second-order valence-electron chi connectivity index (χ2n) is 6.11. The minimum atomic E-state index is -0.916. The van der Waals surface area contributed by atoms with E-state index in [2.05, 4.69) is 4.98 Å². The number of benzene rings is 2. The van der Waals surface area contributed by atoms with Crippen molar-refractivity contribution in [2.75, 3.05) is 13.2 Å². The van der Waals surface area contributed by atoms with Gasteiger partial charge in [-0.25, -0.2) is 4.98 Å². The van der Waals surface area contributed by atoms with E-state index < -0.39 is 5.97 Å². The lowest BCUT2D eigenvalue weighted by Crippen LogP contribution is -1.97. The highest BCUT2D eigenvalue weighted by Gasteiger charge is 2.17. The first-order chi connectivity index (χ1) is 13.1. The molecule has 0 radical (unpaired) electrons. The number of nitrogens with zero attached hydrogens (tertiary/aromatic N) is 1. The van der Waals surface area contributed by atoms with E-state index in [9.17, 15) is 9.90 Å². The number of ether oxygens (including phenoxy) is 2. The molecule has 1 aliphatic rings. The summed E-state index contributed by atoms with van der Waals surface area (Å²) in [6, 6.07) is 11.3. The summed E-state index contributed by atoms with van der Waals surface area (Å²) in [4.78, 5) is 16.0. The zero-order chi connectivity index (χ0) is 18.8. The third kappa shape index (κ3) is 3.91. The number of carbonyl (C=O) groups is 1. The van der Waals surface area contributed by atoms with Crippen molar-refractivity contribution in [1.82, 2.24) is 4.98 Å². The van der Waals surface area contributed by atoms with Crippen LogP contribution in [0.15, 0.2) is 36.4 Å². The van der Waals surface area contributed by atoms with Gasteiger partial charge in [-0.3, -0.25) is 4.79 Å². The van der Waals surface area contributed by atoms with E-state index in [1.165, 1.54) is 11.3 Å². The summed E-state index contributed by atoms with van der Waals surface area (Å²) in [6.07, 6.45) is 2.45. The van der Waals surface area contributed by atoms with Crippen LogP contribution in [0.2, 0.25) is 5.02 Å². The third-order valence-electron chi connectivity index (χ3n) is 4.08. The van der Waals surface area contributed by atoms with Gasteiger partial charge in [-0.1, -0.05) is 23.7 Å². The predicted molar refractivity (Wildman–Crippen MR) is 107 cm³/mol. The molecule has 0 aliphatic carbocycles. The van der Waals surface area contributed by atoms with Gasteiger partial charge in [0.1, 0.15) is 5.01 Å². The largest absolute Gasteiger partial charge is 0.489 e. The molecule has 0 amide bonds. The van der Waals surface area contributed by atoms with Gasteiger partial charge in [0.2, 0.25) is 0 Å². The molecule has 0 unspecified atom stereocenters. The van der Waals surface area contributed by atoms with E-state index in [1.807, 2.05) is 30.3 Å². The zero-order valence-electron chi connectivity index (χ0n) is 14.3. The monoisotopic (exact) mass is 401 g/mol. The average Bonchev–Trinajstić information content (AvgIpc) is 2.92. The Morgan fingerprint density at radius 1 is 1.26 bits per heavy atom. The number of hydrogen-bond acceptors (Lipinski definition) is 5. The number of para-hydroxylation sites is 1. The molecule has 4 rings (SSSR count). The summed E-state index contributed by atoms with van der Waals surface area (Å²) in [7, 11) is 0. The molecule has 0 saturated heterocycles. The van der Waals surface area contributed by atoms with Crippen LogP contribution in [0.25, 0.3) is 21.9 Å². The maximum Gasteiger partial charge on any atom is 0.307 e. The fraction of sp³-hybridized carbons (Fsp3) is 0.200. The van der Waals surface area contributed by atoms with Gasteiger partial charge in [-0.15, -0.1) is 11.3 Å². The summed E-state index contributed by atoms with van der Waals surface area (Å²) in [6.45, 7) is 1.11. The molecule has 2 heterocycles. The zero-order valence-corrected chi connectivity index (χ0v) is 15.8. The van der Waals surface area contributed by atoms with Crippen LogP contribution >= 0.6 is 22.9 Å². The Labute approximate surface area is 164 Å². The molecule has 0 fully saturated rings. The summed E-state index contributed by atoms with van der Waals surface area (Å²) in [5, 5.41) is 10.5. The summed E-state index contributed by atoms with van der Waals surface area (Å²) in [5.74, 6) is 0.192. The van der Waals surface area contributed by atoms with E-state index >= 15 is 0 Å². The fourth-order valence-corrected chi connectivity index (χ4v) is 4.15. The van der Waals surface area contributed by atoms with Crippen LogP contribution in [-0.4, -0.2) is 29.3 Å². The summed E-state index contributed by atoms with van der Waals surface area (Å²) >= 11 is 7.83. The van der Waals surface area contributed by atoms with Crippen molar-refractivity contribution >= 4 is 50.8 Å². The first-order valence-corrected chi connectivity index (χ1v) is 9.67. The molecule has 0 atom stereocenters. The molecule has 3 aromatic rings. The fourth-order valence-electron chi connectivity index (χ4n) is 2.90. The predicted octanol–water partition coefficient (Wildman–Crippen LogP) is 5.13. The van der Waals surface area contributed by atoms with Crippen molar-refractivity contribution in [2.45, 2.75) is 12.8 Å². The number of rotatable bonds is 4. The molecule has 2 aromatic carbocycles. The van der Waals surface area contributed by atoms with E-state index in [-0.39, 0.29) is 6.42 Å². The number of aromatic nitrogens is 1. The average molecular weight is 402 g/mol. The molecule has 1 N–H and O–H groups in total. The van der Waals surface area contributed by atoms with E-state index in [1.54, 1.807) is 12.1 Å². The highest BCUT2D eigenvalue weighted by molar-refractivity contribution is 7.19. The molecule has 7 heteroatoms. The SMILES string of the molecule is O=C(O)C/C(=C\c1cc(Cl)c2c(c1)OCCCO2)c1nc2ccccc2s1. The molecular weight excluding hydrogens is 386 g/mol. The molecule has 1 aliphatic heterocycles. The second-order valence-corrected chi connectivity index (χ2v) is 7.55. The number of hydrogen-bond donors (Lipinski definition) is 1. The van der Waals surface area contributed by atoms with Crippen molar-refractivity contribution in [3.8, 4) is 11.5 Å². The number of halogens is 1. The maximum atomic E-state index is 11.4. The maximum absolute atomic E-state index is 11.4. The van der Waals surface area contributed by atoms with Crippen LogP contribution in [0.4, 0.5) is 0 Å². The van der Waals surface area contributed by atoms with Crippen LogP contribution in [0, 0.1) is 0 Å². The number of thiazole rings is 1. The smallest absolute Gasteiger partial charge is 0.307 e. The van der Waals surface area contributed by atoms with Gasteiger partial charge in [0.05, 0.1) is 34.9 Å². The molecule has 5 nitrogen and oxygen atoms in total. The number of carboxylic acids is 1. The van der Waals surface area contributed by atoms with Crippen molar-refractivity contribution in [3.05, 3.63) is 52.0 Å². The van der Waals surface area contributed by atoms with Gasteiger partial charge in [-0.2, -0.15) is 0 Å². The molecule has 0 saturated carbocycles. The lowest BCUT2D eigenvalue weighted by Gasteiger charge is -2.10. The minimum Gasteiger partial charge on any atom is -0.489 e. The Bertz CT molecular complexity index is 1010. The second kappa shape index (κ2) is 7.58. The molecular formula is C20H16ClNO4S. The van der Waals surface area contributed by atoms with Crippen LogP contribution in [0.1, 0.15) is 23.4 Å². The first-order valence-electron chi connectivity index (χ1n) is 8.47. The topological polar surface area (TPSA) is 68.7 Å². The molecule has 0 spiro atoms. The Morgan fingerprint density at radius 3 is 2.89 bits per heavy atom. The van der Waals surface area contributed by atoms with E-state index in [4.69, 9.17) is 21.1 Å². The number of carboxylic acid groups (broad SMARTS) is 1. The van der Waals surface area contributed by atoms with Crippen molar-refractivity contribution in [3.63, 3.8) is 0 Å². The number of aliphatic carboxylic acids is 1. The molecule has 138 valence electrons. The minimum absolute atomic E-state index is 0.133. The molecule has 1 aromatic heterocycles. The summed E-state index contributed by atoms with van der Waals surface area (Å²) < 4.78 is 12.4. The van der Waals surface area contributed by atoms with Crippen LogP contribution in [-0.2, 0) is 4.79 Å². The van der Waals surface area contributed by atoms with Crippen molar-refractivity contribution in [1.29, 1.82) is 0 Å².